The highest BCUT2D eigenvalue weighted by Crippen LogP contribution is 2.37. The monoisotopic (exact) mass is 527 g/mol. The molecule has 2 aromatic heterocycles. The van der Waals surface area contributed by atoms with Crippen LogP contribution >= 0.6 is 0 Å². The molecule has 4 aromatic rings. The van der Waals surface area contributed by atoms with E-state index in [1.165, 1.54) is 17.8 Å². The summed E-state index contributed by atoms with van der Waals surface area (Å²) in [6.07, 6.45) is 6.52. The maximum absolute atomic E-state index is 15.1. The van der Waals surface area contributed by atoms with Crippen LogP contribution in [0.25, 0.3) is 22.2 Å². The van der Waals surface area contributed by atoms with Crippen LogP contribution in [-0.4, -0.2) is 59.6 Å². The fourth-order valence-electron chi connectivity index (χ4n) is 5.08. The number of halogens is 1. The molecule has 8 nitrogen and oxygen atoms in total. The van der Waals surface area contributed by atoms with Crippen LogP contribution in [0.3, 0.4) is 0 Å². The lowest BCUT2D eigenvalue weighted by Gasteiger charge is -2.25. The molecule has 9 heteroatoms. The van der Waals surface area contributed by atoms with E-state index in [9.17, 15) is 4.79 Å². The summed E-state index contributed by atoms with van der Waals surface area (Å²) < 4.78 is 17.3. The van der Waals surface area contributed by atoms with Crippen LogP contribution in [0.2, 0.25) is 0 Å². The first-order chi connectivity index (χ1) is 18.7. The zero-order valence-electron chi connectivity index (χ0n) is 22.9. The Kier molecular flexibility index (Phi) is 7.34. The molecule has 1 amide bonds. The molecule has 2 N–H and O–H groups in total. The molecule has 1 aliphatic heterocycles. The van der Waals surface area contributed by atoms with E-state index in [0.29, 0.717) is 11.4 Å². The van der Waals surface area contributed by atoms with E-state index in [2.05, 4.69) is 47.6 Å². The Hall–Kier alpha value is -4.24. The van der Waals surface area contributed by atoms with Gasteiger partial charge in [-0.25, -0.2) is 14.4 Å². The summed E-state index contributed by atoms with van der Waals surface area (Å²) in [5.74, 6) is -0.505. The largest absolute Gasteiger partial charge is 0.372 e. The first-order valence-corrected chi connectivity index (χ1v) is 13.1. The van der Waals surface area contributed by atoms with E-state index in [4.69, 9.17) is 0 Å². The highest BCUT2D eigenvalue weighted by atomic mass is 19.1. The SMILES string of the molecule is C=CC(=O)Nc1cc(Nc2ncc(F)c(-c3cn4c5c(cccc35)CCC4)n2)c(C)cc1N(C)CCN(C)C. The fourth-order valence-corrected chi connectivity index (χ4v) is 5.08. The molecule has 0 fully saturated rings. The van der Waals surface area contributed by atoms with Gasteiger partial charge in [0.1, 0.15) is 5.69 Å². The highest BCUT2D eigenvalue weighted by molar-refractivity contribution is 6.02. The number of aryl methyl sites for hydroxylation is 3. The van der Waals surface area contributed by atoms with Crippen molar-refractivity contribution < 1.29 is 9.18 Å². The molecule has 202 valence electrons. The van der Waals surface area contributed by atoms with Crippen LogP contribution in [0.15, 0.2) is 55.4 Å². The molecule has 0 spiro atoms. The fraction of sp³-hybridized carbons (Fsp3) is 0.300. The number of hydrogen-bond acceptors (Lipinski definition) is 6. The van der Waals surface area contributed by atoms with Crippen LogP contribution in [-0.2, 0) is 17.8 Å². The molecule has 0 bridgehead atoms. The van der Waals surface area contributed by atoms with E-state index in [1.54, 1.807) is 0 Å². The van der Waals surface area contributed by atoms with Crippen molar-refractivity contribution in [3.8, 4) is 11.3 Å². The van der Waals surface area contributed by atoms with Gasteiger partial charge in [0.2, 0.25) is 11.9 Å². The Bertz CT molecular complexity index is 1560. The summed E-state index contributed by atoms with van der Waals surface area (Å²) in [5, 5.41) is 7.16. The number of benzene rings is 2. The molecule has 39 heavy (non-hydrogen) atoms. The molecule has 0 aliphatic carbocycles. The summed E-state index contributed by atoms with van der Waals surface area (Å²) in [5.41, 5.74) is 6.59. The van der Waals surface area contributed by atoms with Crippen LogP contribution in [0.1, 0.15) is 17.5 Å². The number of nitrogens with one attached hydrogen (secondary N) is 2. The number of para-hydroxylation sites is 1. The summed E-state index contributed by atoms with van der Waals surface area (Å²) in [6.45, 7) is 8.08. The summed E-state index contributed by atoms with van der Waals surface area (Å²) in [7, 11) is 6.03. The van der Waals surface area contributed by atoms with Crippen molar-refractivity contribution in [1.82, 2.24) is 19.4 Å². The molecular weight excluding hydrogens is 493 g/mol. The molecule has 2 aromatic carbocycles. The van der Waals surface area contributed by atoms with Crippen molar-refractivity contribution in [2.75, 3.05) is 49.8 Å². The summed E-state index contributed by atoms with van der Waals surface area (Å²) in [4.78, 5) is 25.3. The highest BCUT2D eigenvalue weighted by Gasteiger charge is 2.21. The molecule has 0 saturated carbocycles. The van der Waals surface area contributed by atoms with E-state index in [1.807, 2.05) is 58.5 Å². The van der Waals surface area contributed by atoms with Gasteiger partial charge in [0.05, 0.1) is 23.1 Å². The maximum atomic E-state index is 15.1. The van der Waals surface area contributed by atoms with Crippen LogP contribution in [0.4, 0.5) is 27.4 Å². The smallest absolute Gasteiger partial charge is 0.247 e. The van der Waals surface area contributed by atoms with E-state index >= 15 is 4.39 Å². The number of carbonyl (C=O) groups is 1. The molecule has 0 unspecified atom stereocenters. The van der Waals surface area contributed by atoms with Crippen molar-refractivity contribution in [3.63, 3.8) is 0 Å². The summed E-state index contributed by atoms with van der Waals surface area (Å²) >= 11 is 0. The molecule has 3 heterocycles. The lowest BCUT2D eigenvalue weighted by molar-refractivity contribution is -0.111. The number of aromatic nitrogens is 3. The molecular formula is C30H34FN7O. The third-order valence-electron chi connectivity index (χ3n) is 7.15. The lowest BCUT2D eigenvalue weighted by Crippen LogP contribution is -2.29. The molecule has 0 radical (unpaired) electrons. The van der Waals surface area contributed by atoms with Gasteiger partial charge in [-0.15, -0.1) is 0 Å². The van der Waals surface area contributed by atoms with E-state index < -0.39 is 5.82 Å². The number of anilines is 4. The Morgan fingerprint density at radius 1 is 1.21 bits per heavy atom. The van der Waals surface area contributed by atoms with Crippen molar-refractivity contribution in [2.24, 2.45) is 0 Å². The van der Waals surface area contributed by atoms with Gasteiger partial charge in [-0.3, -0.25) is 4.79 Å². The van der Waals surface area contributed by atoms with Crippen molar-refractivity contribution in [3.05, 3.63) is 72.3 Å². The van der Waals surface area contributed by atoms with Gasteiger partial charge >= 0.3 is 0 Å². The predicted octanol–water partition coefficient (Wildman–Crippen LogP) is 5.36. The van der Waals surface area contributed by atoms with Gasteiger partial charge < -0.3 is 25.0 Å². The van der Waals surface area contributed by atoms with Gasteiger partial charge in [0, 0.05) is 49.5 Å². The Morgan fingerprint density at radius 2 is 2.03 bits per heavy atom. The summed E-state index contributed by atoms with van der Waals surface area (Å²) in [6, 6.07) is 10.0. The second-order valence-corrected chi connectivity index (χ2v) is 10.3. The van der Waals surface area contributed by atoms with Gasteiger partial charge in [-0.2, -0.15) is 0 Å². The van der Waals surface area contributed by atoms with Crippen molar-refractivity contribution >= 4 is 39.8 Å². The Labute approximate surface area is 228 Å². The number of hydrogen-bond donors (Lipinski definition) is 2. The molecule has 1 aliphatic rings. The number of carbonyl (C=O) groups excluding carboxylic acids is 1. The predicted molar refractivity (Wildman–Crippen MR) is 156 cm³/mol. The first-order valence-electron chi connectivity index (χ1n) is 13.1. The number of nitrogens with zero attached hydrogens (tertiary/aromatic N) is 5. The number of rotatable bonds is 9. The van der Waals surface area contributed by atoms with Crippen LogP contribution < -0.4 is 15.5 Å². The van der Waals surface area contributed by atoms with Crippen LogP contribution in [0.5, 0.6) is 0 Å². The Balaban J connectivity index is 1.51. The standard InChI is InChI=1S/C30H34FN7O/c1-6-27(39)33-25-16-24(19(2)15-26(25)37(5)14-13-36(3)4)34-30-32-17-23(31)28(35-30)22-18-38-12-8-10-20-9-7-11-21(22)29(20)38/h6-7,9,11,15-18H,1,8,10,12-14H2,2-5H3,(H,33,39)(H,32,34,35). The lowest BCUT2D eigenvalue weighted by atomic mass is 10.0. The topological polar surface area (TPSA) is 78.3 Å². The number of likely N-dealkylation sites (N-methyl/N-ethyl adjacent to an activating group) is 2. The minimum atomic E-state index is -0.474. The van der Waals surface area contributed by atoms with Crippen molar-refractivity contribution in [1.29, 1.82) is 0 Å². The molecule has 0 atom stereocenters. The van der Waals surface area contributed by atoms with E-state index in [-0.39, 0.29) is 17.5 Å². The minimum absolute atomic E-state index is 0.258. The van der Waals surface area contributed by atoms with E-state index in [0.717, 1.165) is 60.2 Å². The zero-order chi connectivity index (χ0) is 27.7. The first kappa shape index (κ1) is 26.4. The third-order valence-corrected chi connectivity index (χ3v) is 7.15. The normalized spacial score (nSPS) is 12.6. The average Bonchev–Trinajstić information content (AvgIpc) is 3.30. The zero-order valence-corrected chi connectivity index (χ0v) is 22.9. The van der Waals surface area contributed by atoms with Gasteiger partial charge in [0.25, 0.3) is 0 Å². The molecule has 5 rings (SSSR count). The maximum Gasteiger partial charge on any atom is 0.247 e. The third kappa shape index (κ3) is 5.35. The van der Waals surface area contributed by atoms with Crippen molar-refractivity contribution in [2.45, 2.75) is 26.3 Å². The van der Waals surface area contributed by atoms with Gasteiger partial charge in [-0.05, 0) is 63.2 Å². The van der Waals surface area contributed by atoms with Gasteiger partial charge in [0.15, 0.2) is 5.82 Å². The van der Waals surface area contributed by atoms with Crippen LogP contribution in [0, 0.1) is 12.7 Å². The second kappa shape index (κ2) is 10.9. The van der Waals surface area contributed by atoms with Gasteiger partial charge in [-0.1, -0.05) is 24.8 Å². The second-order valence-electron chi connectivity index (χ2n) is 10.3. The number of amides is 1. The molecule has 0 saturated heterocycles. The minimum Gasteiger partial charge on any atom is -0.372 e. The quantitative estimate of drug-likeness (QED) is 0.286. The Morgan fingerprint density at radius 3 is 2.79 bits per heavy atom. The average molecular weight is 528 g/mol.